The molecule has 0 amide bonds. The van der Waals surface area contributed by atoms with Crippen molar-refractivity contribution in [2.45, 2.75) is 85.0 Å². The predicted molar refractivity (Wildman–Crippen MR) is 90.0 cm³/mol. The van der Waals surface area contributed by atoms with Gasteiger partial charge in [-0.3, -0.25) is 0 Å². The average Bonchev–Trinajstić information content (AvgIpc) is 2.50. The molecule has 0 spiro atoms. The normalized spacial score (nSPS) is 11.5. The zero-order chi connectivity index (χ0) is 18.7. The van der Waals surface area contributed by atoms with E-state index in [4.69, 9.17) is 14.0 Å². The third-order valence-electron chi connectivity index (χ3n) is 4.46. The van der Waals surface area contributed by atoms with Crippen LogP contribution in [0.4, 0.5) is 0 Å². The molecule has 1 N–H and O–H groups in total. The molecule has 0 saturated carbocycles. The van der Waals surface area contributed by atoms with Crippen LogP contribution in [-0.4, -0.2) is 42.4 Å². The Labute approximate surface area is 152 Å². The summed E-state index contributed by atoms with van der Waals surface area (Å²) in [5.41, 5.74) is 0. The number of aliphatic hydroxyl groups excluding tert-OH is 1. The van der Waals surface area contributed by atoms with Crippen LogP contribution in [0.5, 0.6) is 0 Å². The number of hydrogen-bond acceptors (Lipinski definition) is 4. The van der Waals surface area contributed by atoms with E-state index in [9.17, 15) is 5.11 Å². The van der Waals surface area contributed by atoms with Gasteiger partial charge in [0, 0.05) is 0 Å². The molecule has 0 atom stereocenters. The zero-order valence-corrected chi connectivity index (χ0v) is 16.9. The van der Waals surface area contributed by atoms with Crippen molar-refractivity contribution in [3.63, 3.8) is 0 Å². The summed E-state index contributed by atoms with van der Waals surface area (Å²) in [4.78, 5) is 0. The molecule has 0 aliphatic carbocycles. The van der Waals surface area contributed by atoms with E-state index in [1.54, 1.807) is 0 Å². The number of hydrogen-bond donors (Lipinski definition) is 1. The minimum Gasteiger partial charge on any atom is -0.391 e. The van der Waals surface area contributed by atoms with Gasteiger partial charge < -0.3 is 23.6 Å². The van der Waals surface area contributed by atoms with Crippen LogP contribution in [0.1, 0.15) is 85.0 Å². The highest BCUT2D eigenvalue weighted by molar-refractivity contribution is 4.49. The molecule has 0 saturated heterocycles. The number of rotatable bonds is 15. The van der Waals surface area contributed by atoms with Gasteiger partial charge in [0.2, 0.25) is 0 Å². The number of halogens is 1. The molecule has 0 bridgehead atoms. The maximum Gasteiger partial charge on any atom is 0.102 e. The lowest BCUT2D eigenvalue weighted by atomic mass is 10.1. The number of aliphatic hydroxyl groups is 1. The van der Waals surface area contributed by atoms with Gasteiger partial charge in [0.05, 0.1) is 37.0 Å². The third kappa shape index (κ3) is 18.4. The summed E-state index contributed by atoms with van der Waals surface area (Å²) >= 11 is 0. The van der Waals surface area contributed by atoms with Crippen molar-refractivity contribution in [3.05, 3.63) is 0 Å². The van der Waals surface area contributed by atoms with Gasteiger partial charge in [0.25, 0.3) is 0 Å². The number of unbranched alkanes of at least 4 members (excludes halogenated alkanes) is 7. The molecule has 0 heterocycles. The van der Waals surface area contributed by atoms with E-state index in [2.05, 4.69) is 20.8 Å². The van der Waals surface area contributed by atoms with Crippen molar-refractivity contribution in [1.29, 1.82) is 0 Å². The van der Waals surface area contributed by atoms with E-state index >= 15 is 0 Å². The Morgan fingerprint density at radius 3 is 1.42 bits per heavy atom. The summed E-state index contributed by atoms with van der Waals surface area (Å²) in [5, 5.41) is 9.36. The quantitative estimate of drug-likeness (QED) is 0.347. The summed E-state index contributed by atoms with van der Waals surface area (Å²) in [6, 6.07) is 0. The van der Waals surface area contributed by atoms with Gasteiger partial charge in [0.15, 0.2) is 0 Å². The Morgan fingerprint density at radius 1 is 0.625 bits per heavy atom. The van der Waals surface area contributed by atoms with Gasteiger partial charge in [-0.1, -0.05) is 59.3 Å². The van der Waals surface area contributed by atoms with Gasteiger partial charge in [-0.05, 0) is 25.7 Å². The summed E-state index contributed by atoms with van der Waals surface area (Å²) in [5.74, 6) is 0. The first-order valence-electron chi connectivity index (χ1n) is 9.67. The topological polar surface area (TPSA) is 89.4 Å². The molecule has 5 nitrogen and oxygen atoms in total. The fourth-order valence-electron chi connectivity index (χ4n) is 3.41. The molecule has 0 unspecified atom stereocenters. The third-order valence-corrected chi connectivity index (χ3v) is 4.46. The Balaban J connectivity index is 0. The Hall–Kier alpha value is 0.0900. The largest absolute Gasteiger partial charge is 0.391 e. The summed E-state index contributed by atoms with van der Waals surface area (Å²) in [6.45, 7) is 11.9. The van der Waals surface area contributed by atoms with Crippen molar-refractivity contribution < 1.29 is 34.4 Å². The van der Waals surface area contributed by atoms with Gasteiger partial charge in [0.1, 0.15) is 6.54 Å². The molecule has 6 heteroatoms. The minimum absolute atomic E-state index is 0.344. The van der Waals surface area contributed by atoms with Crippen LogP contribution >= 0.6 is 0 Å². The van der Waals surface area contributed by atoms with Crippen molar-refractivity contribution in [1.82, 2.24) is 0 Å². The van der Waals surface area contributed by atoms with Crippen molar-refractivity contribution in [2.24, 2.45) is 0 Å². The molecule has 0 aromatic heterocycles. The summed E-state index contributed by atoms with van der Waals surface area (Å²) < 4.78 is 26.4. The maximum atomic E-state index is 9.36. The van der Waals surface area contributed by atoms with Crippen molar-refractivity contribution >= 4 is 0 Å². The molecule has 0 aromatic carbocycles. The van der Waals surface area contributed by atoms with Crippen LogP contribution in [0.15, 0.2) is 0 Å². The van der Waals surface area contributed by atoms with Gasteiger partial charge in [-0.2, -0.15) is 0 Å². The summed E-state index contributed by atoms with van der Waals surface area (Å²) in [6.07, 6.45) is 13.6. The van der Waals surface area contributed by atoms with Crippen LogP contribution in [0, 0.1) is 10.8 Å². The lowest BCUT2D eigenvalue weighted by Gasteiger charge is -2.38. The van der Waals surface area contributed by atoms with Gasteiger partial charge in [-0.25, -0.2) is 0 Å². The standard InChI is InChI=1S/C18H40NO.ClO3/c1-4-7-8-9-10-11-12-13-16-19(14-5-2,15-6-3)17-18-20;2-1(3)4/h20H,4-18H2,1-3H3;/q+1;-1. The first-order chi connectivity index (χ1) is 11.5. The fraction of sp³-hybridized carbons (Fsp3) is 1.00. The van der Waals surface area contributed by atoms with E-state index < -0.39 is 10.8 Å². The highest BCUT2D eigenvalue weighted by Gasteiger charge is 2.24. The van der Waals surface area contributed by atoms with E-state index in [1.165, 1.54) is 83.8 Å². The second-order valence-corrected chi connectivity index (χ2v) is 7.00. The van der Waals surface area contributed by atoms with Gasteiger partial charge >= 0.3 is 0 Å². The van der Waals surface area contributed by atoms with E-state index in [0.717, 1.165) is 11.0 Å². The molecular weight excluding hydrogens is 330 g/mol. The SMILES string of the molecule is CCCCCCCCCC[N+](CCC)(CCC)CCO.[O-][Cl+2]([O-])[O-]. The maximum absolute atomic E-state index is 9.36. The Morgan fingerprint density at radius 2 is 1.04 bits per heavy atom. The van der Waals surface area contributed by atoms with Crippen LogP contribution in [0.2, 0.25) is 0 Å². The second-order valence-electron chi connectivity index (χ2n) is 6.62. The Bertz CT molecular complexity index is 223. The van der Waals surface area contributed by atoms with E-state index in [1.807, 2.05) is 0 Å². The minimum atomic E-state index is -2.85. The first kappa shape index (κ1) is 26.3. The van der Waals surface area contributed by atoms with Crippen molar-refractivity contribution in [3.8, 4) is 0 Å². The van der Waals surface area contributed by atoms with Gasteiger partial charge in [-0.15, -0.1) is 0 Å². The second kappa shape index (κ2) is 19.4. The molecule has 0 aliphatic rings. The van der Waals surface area contributed by atoms with Crippen LogP contribution in [-0.2, 0) is 0 Å². The molecule has 0 fully saturated rings. The monoisotopic (exact) mass is 369 g/mol. The molecule has 0 radical (unpaired) electrons. The first-order valence-corrected chi connectivity index (χ1v) is 10.6. The van der Waals surface area contributed by atoms with Crippen LogP contribution < -0.4 is 14.0 Å². The fourth-order valence-corrected chi connectivity index (χ4v) is 3.41. The van der Waals surface area contributed by atoms with E-state index in [-0.39, 0.29) is 0 Å². The average molecular weight is 370 g/mol. The van der Waals surface area contributed by atoms with E-state index in [0.29, 0.717) is 6.61 Å². The number of quaternary nitrogens is 1. The Kier molecular flexibility index (Phi) is 21.3. The lowest BCUT2D eigenvalue weighted by molar-refractivity contribution is -1.73. The molecular formula is C18H40ClNO4. The molecule has 148 valence electrons. The smallest absolute Gasteiger partial charge is 0.102 e. The lowest BCUT2D eigenvalue weighted by Crippen LogP contribution is -2.51. The molecule has 0 aliphatic heterocycles. The number of nitrogens with zero attached hydrogens (tertiary/aromatic N) is 1. The van der Waals surface area contributed by atoms with Crippen LogP contribution in [0.25, 0.3) is 0 Å². The highest BCUT2D eigenvalue weighted by atomic mass is 35.6. The predicted octanol–water partition coefficient (Wildman–Crippen LogP) is 1.19. The zero-order valence-electron chi connectivity index (χ0n) is 16.1. The molecule has 24 heavy (non-hydrogen) atoms. The molecule has 0 aromatic rings. The molecule has 0 rings (SSSR count). The van der Waals surface area contributed by atoms with Crippen molar-refractivity contribution in [2.75, 3.05) is 32.8 Å². The summed E-state index contributed by atoms with van der Waals surface area (Å²) in [7, 11) is -2.85. The highest BCUT2D eigenvalue weighted by Crippen LogP contribution is 2.14. The van der Waals surface area contributed by atoms with Crippen LogP contribution in [0.3, 0.4) is 0 Å².